The van der Waals surface area contributed by atoms with Crippen molar-refractivity contribution in [2.24, 2.45) is 0 Å². The largest absolute Gasteiger partial charge is 0.456 e. The molecule has 0 radical (unpaired) electrons. The summed E-state index contributed by atoms with van der Waals surface area (Å²) in [5, 5.41) is 4.97. The molecule has 2 aromatic heterocycles. The predicted molar refractivity (Wildman–Crippen MR) is 99.3 cm³/mol. The van der Waals surface area contributed by atoms with Crippen LogP contribution in [-0.2, 0) is 20.9 Å². The van der Waals surface area contributed by atoms with Crippen LogP contribution < -0.4 is 10.9 Å². The maximum atomic E-state index is 12.2. The van der Waals surface area contributed by atoms with E-state index in [0.717, 1.165) is 5.56 Å². The van der Waals surface area contributed by atoms with Crippen LogP contribution in [0.1, 0.15) is 12.0 Å². The van der Waals surface area contributed by atoms with Gasteiger partial charge in [0.2, 0.25) is 0 Å². The minimum Gasteiger partial charge on any atom is -0.456 e. The van der Waals surface area contributed by atoms with Gasteiger partial charge in [-0.05, 0) is 30.5 Å². The van der Waals surface area contributed by atoms with Crippen molar-refractivity contribution in [2.75, 3.05) is 11.9 Å². The monoisotopic (exact) mass is 371 g/mol. The molecule has 0 saturated carbocycles. The van der Waals surface area contributed by atoms with Crippen molar-refractivity contribution >= 4 is 39.1 Å². The third kappa shape index (κ3) is 4.34. The minimum atomic E-state index is -0.554. The number of rotatable bonds is 6. The number of carbonyl (C=O) groups is 2. The molecule has 0 saturated heterocycles. The number of aromatic nitrogens is 2. The molecule has 3 aromatic rings. The highest BCUT2D eigenvalue weighted by Gasteiger charge is 2.10. The Morgan fingerprint density at radius 3 is 2.77 bits per heavy atom. The van der Waals surface area contributed by atoms with Gasteiger partial charge in [0.15, 0.2) is 6.61 Å². The van der Waals surface area contributed by atoms with Crippen LogP contribution in [-0.4, -0.2) is 28.0 Å². The van der Waals surface area contributed by atoms with E-state index in [2.05, 4.69) is 10.3 Å². The number of esters is 1. The molecule has 3 rings (SSSR count). The summed E-state index contributed by atoms with van der Waals surface area (Å²) in [7, 11) is 0. The third-order valence-electron chi connectivity index (χ3n) is 3.71. The summed E-state index contributed by atoms with van der Waals surface area (Å²) >= 11 is 1.39. The smallest absolute Gasteiger partial charge is 0.308 e. The van der Waals surface area contributed by atoms with Gasteiger partial charge in [0, 0.05) is 12.2 Å². The molecule has 0 aliphatic carbocycles. The molecular formula is C18H17N3O4S. The molecule has 26 heavy (non-hydrogen) atoms. The Labute approximate surface area is 153 Å². The maximum Gasteiger partial charge on any atom is 0.308 e. The summed E-state index contributed by atoms with van der Waals surface area (Å²) in [5.74, 6) is -0.970. The SMILES string of the molecule is Cc1ccc(NC(=O)COC(=O)CCn2cnc3sccc3c2=O)cc1. The zero-order chi connectivity index (χ0) is 18.5. The molecule has 134 valence electrons. The molecule has 0 spiro atoms. The minimum absolute atomic E-state index is 0.0188. The van der Waals surface area contributed by atoms with Crippen molar-refractivity contribution in [3.63, 3.8) is 0 Å². The molecule has 1 aromatic carbocycles. The van der Waals surface area contributed by atoms with E-state index in [-0.39, 0.29) is 25.1 Å². The van der Waals surface area contributed by atoms with E-state index >= 15 is 0 Å². The van der Waals surface area contributed by atoms with Gasteiger partial charge in [0.05, 0.1) is 18.1 Å². The fraction of sp³-hybridized carbons (Fsp3) is 0.222. The Morgan fingerprint density at radius 1 is 1.23 bits per heavy atom. The second-order valence-electron chi connectivity index (χ2n) is 5.71. The Balaban J connectivity index is 1.47. The average molecular weight is 371 g/mol. The molecule has 1 N–H and O–H groups in total. The molecule has 2 heterocycles. The Hall–Kier alpha value is -3.00. The first-order chi connectivity index (χ1) is 12.5. The van der Waals surface area contributed by atoms with Crippen molar-refractivity contribution in [2.45, 2.75) is 19.9 Å². The summed E-state index contributed by atoms with van der Waals surface area (Å²) in [6.45, 7) is 1.73. The number of ether oxygens (including phenoxy) is 1. The molecule has 0 fully saturated rings. The molecular weight excluding hydrogens is 354 g/mol. The number of amides is 1. The van der Waals surface area contributed by atoms with Gasteiger partial charge in [0.1, 0.15) is 4.83 Å². The topological polar surface area (TPSA) is 90.3 Å². The van der Waals surface area contributed by atoms with Crippen molar-refractivity contribution in [1.29, 1.82) is 0 Å². The van der Waals surface area contributed by atoms with E-state index < -0.39 is 11.9 Å². The van der Waals surface area contributed by atoms with Crippen LogP contribution in [0.2, 0.25) is 0 Å². The first-order valence-corrected chi connectivity index (χ1v) is 8.85. The normalized spacial score (nSPS) is 10.7. The van der Waals surface area contributed by atoms with E-state index in [1.165, 1.54) is 22.2 Å². The second-order valence-corrected chi connectivity index (χ2v) is 6.60. The van der Waals surface area contributed by atoms with Crippen LogP contribution in [0.3, 0.4) is 0 Å². The summed E-state index contributed by atoms with van der Waals surface area (Å²) in [4.78, 5) is 40.7. The summed E-state index contributed by atoms with van der Waals surface area (Å²) < 4.78 is 6.31. The number of nitrogens with zero attached hydrogens (tertiary/aromatic N) is 2. The zero-order valence-corrected chi connectivity index (χ0v) is 14.9. The van der Waals surface area contributed by atoms with Crippen LogP contribution in [0.25, 0.3) is 10.2 Å². The molecule has 1 amide bonds. The number of hydrogen-bond donors (Lipinski definition) is 1. The predicted octanol–water partition coefficient (Wildman–Crippen LogP) is 2.34. The quantitative estimate of drug-likeness (QED) is 0.672. The van der Waals surface area contributed by atoms with Crippen molar-refractivity contribution in [3.05, 3.63) is 58.0 Å². The summed E-state index contributed by atoms with van der Waals surface area (Å²) in [6, 6.07) is 9.00. The Morgan fingerprint density at radius 2 is 2.00 bits per heavy atom. The number of aryl methyl sites for hydroxylation is 2. The maximum absolute atomic E-state index is 12.2. The highest BCUT2D eigenvalue weighted by atomic mass is 32.1. The number of carbonyl (C=O) groups excluding carboxylic acids is 2. The first-order valence-electron chi connectivity index (χ1n) is 7.98. The van der Waals surface area contributed by atoms with E-state index in [9.17, 15) is 14.4 Å². The van der Waals surface area contributed by atoms with Gasteiger partial charge >= 0.3 is 5.97 Å². The van der Waals surface area contributed by atoms with Gasteiger partial charge in [-0.3, -0.25) is 19.0 Å². The van der Waals surface area contributed by atoms with Gasteiger partial charge in [0.25, 0.3) is 11.5 Å². The van der Waals surface area contributed by atoms with Gasteiger partial charge in [-0.2, -0.15) is 0 Å². The summed E-state index contributed by atoms with van der Waals surface area (Å²) in [5.41, 5.74) is 1.53. The van der Waals surface area contributed by atoms with Gasteiger partial charge in [-0.15, -0.1) is 11.3 Å². The van der Waals surface area contributed by atoms with Crippen LogP contribution in [0.4, 0.5) is 5.69 Å². The Kier molecular flexibility index (Phi) is 5.43. The standard InChI is InChI=1S/C18H17N3O4S/c1-12-2-4-13(5-3-12)20-15(22)10-25-16(23)6-8-21-11-19-17-14(18(21)24)7-9-26-17/h2-5,7,9,11H,6,8,10H2,1H3,(H,20,22). The zero-order valence-electron chi connectivity index (χ0n) is 14.1. The average Bonchev–Trinajstić information content (AvgIpc) is 3.11. The molecule has 7 nitrogen and oxygen atoms in total. The van der Waals surface area contributed by atoms with Crippen LogP contribution in [0, 0.1) is 6.92 Å². The number of anilines is 1. The van der Waals surface area contributed by atoms with Crippen LogP contribution >= 0.6 is 11.3 Å². The lowest BCUT2D eigenvalue weighted by molar-refractivity contribution is -0.147. The van der Waals surface area contributed by atoms with Gasteiger partial charge in [-0.1, -0.05) is 17.7 Å². The lowest BCUT2D eigenvalue weighted by Gasteiger charge is -2.08. The number of hydrogen-bond acceptors (Lipinski definition) is 6. The number of nitrogens with one attached hydrogen (secondary N) is 1. The van der Waals surface area contributed by atoms with Gasteiger partial charge < -0.3 is 10.1 Å². The lowest BCUT2D eigenvalue weighted by atomic mass is 10.2. The molecule has 0 atom stereocenters. The molecule has 0 unspecified atom stereocenters. The fourth-order valence-electron chi connectivity index (χ4n) is 2.32. The van der Waals surface area contributed by atoms with E-state index in [1.807, 2.05) is 19.1 Å². The second kappa shape index (κ2) is 7.92. The fourth-order valence-corrected chi connectivity index (χ4v) is 3.04. The van der Waals surface area contributed by atoms with Crippen molar-refractivity contribution in [1.82, 2.24) is 9.55 Å². The van der Waals surface area contributed by atoms with Crippen LogP contribution in [0.5, 0.6) is 0 Å². The summed E-state index contributed by atoms with van der Waals surface area (Å²) in [6.07, 6.45) is 1.40. The Bertz CT molecular complexity index is 992. The highest BCUT2D eigenvalue weighted by Crippen LogP contribution is 2.13. The number of fused-ring (bicyclic) bond motifs is 1. The van der Waals surface area contributed by atoms with Crippen molar-refractivity contribution in [3.8, 4) is 0 Å². The molecule has 0 aliphatic rings. The van der Waals surface area contributed by atoms with E-state index in [1.54, 1.807) is 23.6 Å². The van der Waals surface area contributed by atoms with E-state index in [4.69, 9.17) is 4.74 Å². The molecule has 0 bridgehead atoms. The molecule has 8 heteroatoms. The van der Waals surface area contributed by atoms with Crippen molar-refractivity contribution < 1.29 is 14.3 Å². The highest BCUT2D eigenvalue weighted by molar-refractivity contribution is 7.16. The first kappa shape index (κ1) is 17.8. The molecule has 0 aliphatic heterocycles. The van der Waals surface area contributed by atoms with E-state index in [0.29, 0.717) is 15.9 Å². The third-order valence-corrected chi connectivity index (χ3v) is 4.53. The number of thiophene rings is 1. The van der Waals surface area contributed by atoms with Gasteiger partial charge in [-0.25, -0.2) is 4.98 Å². The van der Waals surface area contributed by atoms with Crippen LogP contribution in [0.15, 0.2) is 46.8 Å². The lowest BCUT2D eigenvalue weighted by Crippen LogP contribution is -2.24. The number of benzene rings is 1.